The number of carbonyl (C=O) groups is 1. The first-order valence-corrected chi connectivity index (χ1v) is 8.94. The predicted molar refractivity (Wildman–Crippen MR) is 107 cm³/mol. The highest BCUT2D eigenvalue weighted by Crippen LogP contribution is 2.67. The van der Waals surface area contributed by atoms with E-state index in [0.717, 1.165) is 24.1 Å². The summed E-state index contributed by atoms with van der Waals surface area (Å²) in [5, 5.41) is 3.11. The minimum Gasteiger partial charge on any atom is -0.384 e. The van der Waals surface area contributed by atoms with Gasteiger partial charge in [0.05, 0.1) is 5.41 Å². The number of benzene rings is 2. The average Bonchev–Trinajstić information content (AvgIpc) is 3.31. The Balaban J connectivity index is 1.77. The molecule has 1 amide bonds. The van der Waals surface area contributed by atoms with E-state index in [1.807, 2.05) is 60.7 Å². The third-order valence-electron chi connectivity index (χ3n) is 5.48. The molecule has 0 bridgehead atoms. The second kappa shape index (κ2) is 7.16. The van der Waals surface area contributed by atoms with Gasteiger partial charge < -0.3 is 11.1 Å². The molecule has 1 saturated carbocycles. The van der Waals surface area contributed by atoms with Gasteiger partial charge in [-0.05, 0) is 42.0 Å². The van der Waals surface area contributed by atoms with Gasteiger partial charge in [0, 0.05) is 11.9 Å². The van der Waals surface area contributed by atoms with Crippen LogP contribution in [0, 0.1) is 5.41 Å². The van der Waals surface area contributed by atoms with Gasteiger partial charge in [0.15, 0.2) is 0 Å². The highest BCUT2D eigenvalue weighted by molar-refractivity contribution is 6.05. The summed E-state index contributed by atoms with van der Waals surface area (Å²) in [6.07, 6.45) is 5.05. The van der Waals surface area contributed by atoms with Crippen LogP contribution in [0.4, 0.5) is 5.69 Å². The molecule has 4 heteroatoms. The van der Waals surface area contributed by atoms with E-state index in [9.17, 15) is 4.79 Å². The lowest BCUT2D eigenvalue weighted by atomic mass is 9.85. The Morgan fingerprint density at radius 3 is 2.35 bits per heavy atom. The molecule has 0 aromatic heterocycles. The van der Waals surface area contributed by atoms with Crippen LogP contribution in [-0.2, 0) is 10.2 Å². The molecule has 134 valence electrons. The number of amides is 1. The summed E-state index contributed by atoms with van der Waals surface area (Å²) in [7, 11) is 0. The molecule has 2 unspecified atom stereocenters. The molecule has 0 aliphatic heterocycles. The summed E-state index contributed by atoms with van der Waals surface area (Å²) < 4.78 is 0. The minimum absolute atomic E-state index is 0.0682. The van der Waals surface area contributed by atoms with Crippen molar-refractivity contribution in [3.8, 4) is 0 Å². The Labute approximate surface area is 154 Å². The molecule has 26 heavy (non-hydrogen) atoms. The lowest BCUT2D eigenvalue weighted by molar-refractivity contribution is -0.121. The first kappa shape index (κ1) is 17.9. The zero-order chi connectivity index (χ0) is 18.6. The number of hydrogen-bond donors (Lipinski definition) is 2. The minimum atomic E-state index is -0.561. The topological polar surface area (TPSA) is 67.5 Å². The van der Waals surface area contributed by atoms with Gasteiger partial charge in [0.25, 0.3) is 5.91 Å². The molecular weight excluding hydrogens is 322 g/mol. The van der Waals surface area contributed by atoms with Crippen LogP contribution < -0.4 is 11.1 Å². The maximum atomic E-state index is 13.0. The second-order valence-corrected chi connectivity index (χ2v) is 7.05. The van der Waals surface area contributed by atoms with Gasteiger partial charge >= 0.3 is 0 Å². The molecule has 1 fully saturated rings. The standard InChI is InChI=1S/C22H25N3O/c1-3-21(2)16-22(21,17-10-6-4-7-11-17)20(26)25-19(23)14-15-24-18-12-8-5-9-13-18/h4-15,24H,3,16H2,1-2H3,(H2,23,25,26)/b15-14-. The monoisotopic (exact) mass is 347 g/mol. The number of anilines is 1. The highest BCUT2D eigenvalue weighted by Gasteiger charge is 2.68. The number of nitrogens with one attached hydrogen (secondary N) is 1. The molecule has 1 aliphatic rings. The Morgan fingerprint density at radius 1 is 1.15 bits per heavy atom. The van der Waals surface area contributed by atoms with Gasteiger partial charge in [0.2, 0.25) is 0 Å². The van der Waals surface area contributed by atoms with Gasteiger partial charge in [-0.3, -0.25) is 4.79 Å². The van der Waals surface area contributed by atoms with Crippen molar-refractivity contribution in [3.05, 3.63) is 78.5 Å². The summed E-state index contributed by atoms with van der Waals surface area (Å²) in [6.45, 7) is 4.27. The lowest BCUT2D eigenvalue weighted by Crippen LogP contribution is -2.27. The molecule has 0 spiro atoms. The van der Waals surface area contributed by atoms with Gasteiger partial charge in [-0.15, -0.1) is 0 Å². The van der Waals surface area contributed by atoms with Gasteiger partial charge in [-0.25, -0.2) is 0 Å². The Kier molecular flexibility index (Phi) is 4.94. The van der Waals surface area contributed by atoms with Crippen molar-refractivity contribution < 1.29 is 4.79 Å². The number of nitrogens with zero attached hydrogens (tertiary/aromatic N) is 1. The van der Waals surface area contributed by atoms with Crippen LogP contribution in [0.5, 0.6) is 0 Å². The molecule has 4 nitrogen and oxygen atoms in total. The molecular formula is C22H25N3O. The molecule has 0 saturated heterocycles. The number of aliphatic imine (C=N–C) groups is 1. The molecule has 3 rings (SSSR count). The number of amidine groups is 1. The van der Waals surface area contributed by atoms with E-state index in [-0.39, 0.29) is 17.2 Å². The van der Waals surface area contributed by atoms with E-state index in [2.05, 4.69) is 24.2 Å². The SMILES string of the molecule is CCC1(C)CC1(C(=O)N=C(N)/C=C\Nc1ccccc1)c1ccccc1. The molecule has 1 aliphatic carbocycles. The van der Waals surface area contributed by atoms with E-state index in [0.29, 0.717) is 0 Å². The number of rotatable bonds is 6. The Morgan fingerprint density at radius 2 is 1.77 bits per heavy atom. The smallest absolute Gasteiger partial charge is 0.258 e. The van der Waals surface area contributed by atoms with Crippen LogP contribution in [-0.4, -0.2) is 11.7 Å². The van der Waals surface area contributed by atoms with Crippen molar-refractivity contribution in [2.24, 2.45) is 16.1 Å². The molecule has 0 heterocycles. The molecule has 2 aromatic carbocycles. The fraction of sp³-hybridized carbons (Fsp3) is 0.273. The fourth-order valence-corrected chi connectivity index (χ4v) is 3.61. The lowest BCUT2D eigenvalue weighted by Gasteiger charge is -2.19. The zero-order valence-corrected chi connectivity index (χ0v) is 15.3. The summed E-state index contributed by atoms with van der Waals surface area (Å²) in [4.78, 5) is 17.2. The van der Waals surface area contributed by atoms with Crippen LogP contribution in [0.1, 0.15) is 32.3 Å². The van der Waals surface area contributed by atoms with Crippen molar-refractivity contribution in [3.63, 3.8) is 0 Å². The summed E-state index contributed by atoms with van der Waals surface area (Å²) in [5.41, 5.74) is 7.32. The van der Waals surface area contributed by atoms with Crippen molar-refractivity contribution in [2.75, 3.05) is 5.32 Å². The number of carbonyl (C=O) groups excluding carboxylic acids is 1. The highest BCUT2D eigenvalue weighted by atomic mass is 16.2. The van der Waals surface area contributed by atoms with Crippen LogP contribution in [0.2, 0.25) is 0 Å². The quantitative estimate of drug-likeness (QED) is 0.606. The first-order valence-electron chi connectivity index (χ1n) is 8.94. The van der Waals surface area contributed by atoms with E-state index in [1.165, 1.54) is 0 Å². The number of nitrogens with two attached hydrogens (primary N) is 1. The summed E-state index contributed by atoms with van der Waals surface area (Å²) in [5.74, 6) is 0.0500. The van der Waals surface area contributed by atoms with Gasteiger partial charge in [-0.1, -0.05) is 62.4 Å². The predicted octanol–water partition coefficient (Wildman–Crippen LogP) is 4.25. The van der Waals surface area contributed by atoms with Gasteiger partial charge in [0.1, 0.15) is 5.84 Å². The van der Waals surface area contributed by atoms with Crippen molar-refractivity contribution in [1.82, 2.24) is 0 Å². The molecule has 2 aromatic rings. The van der Waals surface area contributed by atoms with Gasteiger partial charge in [-0.2, -0.15) is 4.99 Å². The van der Waals surface area contributed by atoms with E-state index in [1.54, 1.807) is 12.3 Å². The zero-order valence-electron chi connectivity index (χ0n) is 15.3. The molecule has 3 N–H and O–H groups in total. The van der Waals surface area contributed by atoms with Crippen molar-refractivity contribution >= 4 is 17.4 Å². The van der Waals surface area contributed by atoms with Crippen LogP contribution in [0.3, 0.4) is 0 Å². The molecule has 0 radical (unpaired) electrons. The van der Waals surface area contributed by atoms with Crippen LogP contribution >= 0.6 is 0 Å². The van der Waals surface area contributed by atoms with Crippen molar-refractivity contribution in [2.45, 2.75) is 32.1 Å². The molecule has 2 atom stereocenters. The number of para-hydroxylation sites is 1. The third kappa shape index (κ3) is 3.27. The Hall–Kier alpha value is -2.88. The largest absolute Gasteiger partial charge is 0.384 e. The van der Waals surface area contributed by atoms with E-state index < -0.39 is 5.41 Å². The normalized spacial score (nSPS) is 25.2. The maximum Gasteiger partial charge on any atom is 0.258 e. The van der Waals surface area contributed by atoms with E-state index >= 15 is 0 Å². The Bertz CT molecular complexity index is 829. The maximum absolute atomic E-state index is 13.0. The fourth-order valence-electron chi connectivity index (χ4n) is 3.61. The average molecular weight is 347 g/mol. The van der Waals surface area contributed by atoms with Crippen molar-refractivity contribution in [1.29, 1.82) is 0 Å². The summed E-state index contributed by atoms with van der Waals surface area (Å²) in [6, 6.07) is 19.7. The third-order valence-corrected chi connectivity index (χ3v) is 5.48. The number of hydrogen-bond acceptors (Lipinski definition) is 2. The van der Waals surface area contributed by atoms with E-state index in [4.69, 9.17) is 5.73 Å². The van der Waals surface area contributed by atoms with Crippen LogP contribution in [0.15, 0.2) is 77.9 Å². The second-order valence-electron chi connectivity index (χ2n) is 7.05. The van der Waals surface area contributed by atoms with Crippen LogP contribution in [0.25, 0.3) is 0 Å². The first-order chi connectivity index (χ1) is 12.5. The summed E-state index contributed by atoms with van der Waals surface area (Å²) >= 11 is 0.